The van der Waals surface area contributed by atoms with Gasteiger partial charge in [0.05, 0.1) is 6.42 Å². The van der Waals surface area contributed by atoms with E-state index in [2.05, 4.69) is 10.6 Å². The number of hydrogen-bond acceptors (Lipinski definition) is 3. The lowest BCUT2D eigenvalue weighted by Crippen LogP contribution is -2.37. The molecule has 1 saturated heterocycles. The molecular formula is C23H23ClN4O3. The van der Waals surface area contributed by atoms with Crippen LogP contribution in [0.3, 0.4) is 0 Å². The number of carbonyl (C=O) groups excluding carboxylic acids is 3. The molecule has 2 heterocycles. The second-order valence-corrected chi connectivity index (χ2v) is 7.93. The molecule has 1 atom stereocenters. The van der Waals surface area contributed by atoms with Crippen molar-refractivity contribution in [2.45, 2.75) is 25.4 Å². The normalized spacial score (nSPS) is 16.0. The minimum Gasteiger partial charge on any atom is -0.354 e. The molecule has 8 heteroatoms. The Balaban J connectivity index is 1.26. The van der Waals surface area contributed by atoms with Gasteiger partial charge in [0.2, 0.25) is 5.91 Å². The quantitative estimate of drug-likeness (QED) is 0.530. The highest BCUT2D eigenvalue weighted by molar-refractivity contribution is 6.31. The summed E-state index contributed by atoms with van der Waals surface area (Å²) in [6.07, 6.45) is 2.44. The Kier molecular flexibility index (Phi) is 6.23. The third kappa shape index (κ3) is 4.88. The van der Waals surface area contributed by atoms with E-state index in [9.17, 15) is 14.4 Å². The number of rotatable bonds is 8. The van der Waals surface area contributed by atoms with E-state index in [0.717, 1.165) is 16.5 Å². The topological polar surface area (TPSA) is 83.4 Å². The summed E-state index contributed by atoms with van der Waals surface area (Å²) in [6, 6.07) is 16.0. The van der Waals surface area contributed by atoms with Crippen molar-refractivity contribution < 1.29 is 14.4 Å². The number of amides is 4. The predicted octanol–water partition coefficient (Wildman–Crippen LogP) is 2.96. The summed E-state index contributed by atoms with van der Waals surface area (Å²) >= 11 is 6.07. The number of aromatic nitrogens is 1. The molecule has 1 aliphatic heterocycles. The Morgan fingerprint density at radius 2 is 1.87 bits per heavy atom. The molecule has 31 heavy (non-hydrogen) atoms. The molecule has 0 saturated carbocycles. The van der Waals surface area contributed by atoms with Crippen LogP contribution >= 0.6 is 11.6 Å². The van der Waals surface area contributed by atoms with Gasteiger partial charge in [-0.3, -0.25) is 14.5 Å². The lowest BCUT2D eigenvalue weighted by Gasteiger charge is -2.13. The zero-order valence-electron chi connectivity index (χ0n) is 16.9. The molecule has 1 aromatic heterocycles. The summed E-state index contributed by atoms with van der Waals surface area (Å²) in [5, 5.41) is 7.16. The summed E-state index contributed by atoms with van der Waals surface area (Å²) in [5.41, 5.74) is 2.04. The average Bonchev–Trinajstić information content (AvgIpc) is 3.27. The van der Waals surface area contributed by atoms with E-state index in [0.29, 0.717) is 24.5 Å². The fraction of sp³-hybridized carbons (Fsp3) is 0.261. The second-order valence-electron chi connectivity index (χ2n) is 7.49. The first kappa shape index (κ1) is 20.9. The van der Waals surface area contributed by atoms with Crippen LogP contribution in [0.15, 0.2) is 60.8 Å². The number of fused-ring (bicyclic) bond motifs is 1. The lowest BCUT2D eigenvalue weighted by molar-refractivity contribution is -0.130. The van der Waals surface area contributed by atoms with Gasteiger partial charge in [-0.15, -0.1) is 0 Å². The maximum Gasteiger partial charge on any atom is 0.324 e. The van der Waals surface area contributed by atoms with Gasteiger partial charge < -0.3 is 15.2 Å². The van der Waals surface area contributed by atoms with Crippen LogP contribution in [-0.4, -0.2) is 46.4 Å². The third-order valence-electron chi connectivity index (χ3n) is 5.37. The van der Waals surface area contributed by atoms with Crippen molar-refractivity contribution in [3.8, 4) is 0 Å². The largest absolute Gasteiger partial charge is 0.354 e. The van der Waals surface area contributed by atoms with Crippen LogP contribution in [0, 0.1) is 0 Å². The fourth-order valence-electron chi connectivity index (χ4n) is 3.74. The van der Waals surface area contributed by atoms with Crippen LogP contribution in [0.2, 0.25) is 5.02 Å². The molecular weight excluding hydrogens is 416 g/mol. The van der Waals surface area contributed by atoms with Crippen LogP contribution in [0.1, 0.15) is 12.0 Å². The van der Waals surface area contributed by atoms with E-state index in [1.807, 2.05) is 65.4 Å². The Labute approximate surface area is 185 Å². The van der Waals surface area contributed by atoms with Crippen molar-refractivity contribution in [1.82, 2.24) is 20.1 Å². The average molecular weight is 439 g/mol. The van der Waals surface area contributed by atoms with Gasteiger partial charge in [-0.25, -0.2) is 4.79 Å². The molecule has 0 aliphatic carbocycles. The molecule has 1 fully saturated rings. The van der Waals surface area contributed by atoms with Crippen molar-refractivity contribution in [3.05, 3.63) is 71.4 Å². The summed E-state index contributed by atoms with van der Waals surface area (Å²) < 4.78 is 2.01. The maximum atomic E-state index is 12.6. The van der Waals surface area contributed by atoms with Gasteiger partial charge in [0, 0.05) is 36.4 Å². The minimum atomic E-state index is -0.825. The highest BCUT2D eigenvalue weighted by Crippen LogP contribution is 2.20. The number of halogens is 1. The van der Waals surface area contributed by atoms with Gasteiger partial charge in [0.25, 0.3) is 5.91 Å². The van der Waals surface area contributed by atoms with E-state index < -0.39 is 12.1 Å². The third-order valence-corrected chi connectivity index (χ3v) is 5.61. The van der Waals surface area contributed by atoms with Crippen LogP contribution < -0.4 is 10.6 Å². The number of hydrogen-bond donors (Lipinski definition) is 2. The van der Waals surface area contributed by atoms with Crippen molar-refractivity contribution in [3.63, 3.8) is 0 Å². The van der Waals surface area contributed by atoms with E-state index >= 15 is 0 Å². The van der Waals surface area contributed by atoms with E-state index in [-0.39, 0.29) is 24.8 Å². The second kappa shape index (κ2) is 9.22. The number of benzene rings is 2. The summed E-state index contributed by atoms with van der Waals surface area (Å²) in [5.74, 6) is -0.639. The van der Waals surface area contributed by atoms with E-state index in [1.165, 1.54) is 4.90 Å². The van der Waals surface area contributed by atoms with Gasteiger partial charge in [0.15, 0.2) is 0 Å². The van der Waals surface area contributed by atoms with Crippen LogP contribution in [-0.2, 0) is 22.6 Å². The minimum absolute atomic E-state index is 0.0787. The number of carbonyl (C=O) groups is 3. The molecule has 0 spiro atoms. The number of nitrogens with zero attached hydrogens (tertiary/aromatic N) is 2. The first-order valence-electron chi connectivity index (χ1n) is 10.2. The first-order chi connectivity index (χ1) is 15.0. The Bertz CT molecular complexity index is 1110. The molecule has 1 unspecified atom stereocenters. The van der Waals surface area contributed by atoms with E-state index in [1.54, 1.807) is 0 Å². The van der Waals surface area contributed by atoms with Gasteiger partial charge >= 0.3 is 6.03 Å². The standard InChI is InChI=1S/C23H23ClN4O3/c24-18-7-6-17-9-11-27(20(17)14-18)13-10-25-21(29)15-19-22(30)28(23(31)26-19)12-8-16-4-2-1-3-5-16/h1-7,9,11,14,19H,8,10,12-13,15H2,(H,25,29)(H,26,31). The van der Waals surface area contributed by atoms with Gasteiger partial charge in [-0.2, -0.15) is 0 Å². The Hall–Kier alpha value is -3.32. The molecule has 7 nitrogen and oxygen atoms in total. The molecule has 3 aromatic rings. The van der Waals surface area contributed by atoms with Crippen LogP contribution in [0.25, 0.3) is 10.9 Å². The van der Waals surface area contributed by atoms with Crippen molar-refractivity contribution >= 4 is 40.3 Å². The van der Waals surface area contributed by atoms with Crippen molar-refractivity contribution in [2.75, 3.05) is 13.1 Å². The highest BCUT2D eigenvalue weighted by Gasteiger charge is 2.38. The zero-order valence-corrected chi connectivity index (χ0v) is 17.6. The molecule has 2 aromatic carbocycles. The van der Waals surface area contributed by atoms with Crippen molar-refractivity contribution in [2.24, 2.45) is 0 Å². The van der Waals surface area contributed by atoms with Gasteiger partial charge in [0.1, 0.15) is 6.04 Å². The first-order valence-corrected chi connectivity index (χ1v) is 10.6. The predicted molar refractivity (Wildman–Crippen MR) is 119 cm³/mol. The summed E-state index contributed by atoms with van der Waals surface area (Å²) in [7, 11) is 0. The molecule has 1 aliphatic rings. The smallest absolute Gasteiger partial charge is 0.324 e. The Morgan fingerprint density at radius 1 is 1.06 bits per heavy atom. The molecule has 0 radical (unpaired) electrons. The molecule has 160 valence electrons. The number of imide groups is 1. The lowest BCUT2D eigenvalue weighted by atomic mass is 10.1. The van der Waals surface area contributed by atoms with Gasteiger partial charge in [-0.05, 0) is 35.6 Å². The fourth-order valence-corrected chi connectivity index (χ4v) is 3.90. The van der Waals surface area contributed by atoms with E-state index in [4.69, 9.17) is 11.6 Å². The Morgan fingerprint density at radius 3 is 2.68 bits per heavy atom. The zero-order chi connectivity index (χ0) is 21.8. The summed E-state index contributed by atoms with van der Waals surface area (Å²) in [6.45, 7) is 1.27. The maximum absolute atomic E-state index is 12.6. The SMILES string of the molecule is O=C(CC1NC(=O)N(CCc2ccccc2)C1=O)NCCn1ccc2ccc(Cl)cc21. The molecule has 4 amide bonds. The van der Waals surface area contributed by atoms with Crippen molar-refractivity contribution in [1.29, 1.82) is 0 Å². The molecule has 2 N–H and O–H groups in total. The molecule has 4 rings (SSSR count). The molecule has 0 bridgehead atoms. The number of nitrogens with one attached hydrogen (secondary N) is 2. The van der Waals surface area contributed by atoms with Gasteiger partial charge in [-0.1, -0.05) is 48.0 Å². The van der Waals surface area contributed by atoms with Crippen LogP contribution in [0.4, 0.5) is 4.79 Å². The summed E-state index contributed by atoms with van der Waals surface area (Å²) in [4.78, 5) is 38.2. The highest BCUT2D eigenvalue weighted by atomic mass is 35.5. The number of urea groups is 1. The monoisotopic (exact) mass is 438 g/mol. The van der Waals surface area contributed by atoms with Crippen LogP contribution in [0.5, 0.6) is 0 Å².